The summed E-state index contributed by atoms with van der Waals surface area (Å²) < 4.78 is 42.3. The summed E-state index contributed by atoms with van der Waals surface area (Å²) >= 11 is 11.8. The zero-order valence-electron chi connectivity index (χ0n) is 16.3. The minimum Gasteiger partial charge on any atom is -0.409 e. The maximum absolute atomic E-state index is 14.1. The molecule has 10 heteroatoms. The molecule has 5 nitrogen and oxygen atoms in total. The predicted molar refractivity (Wildman–Crippen MR) is 110 cm³/mol. The summed E-state index contributed by atoms with van der Waals surface area (Å²) in [5.41, 5.74) is -0.981. The Hall–Kier alpha value is -2.45. The van der Waals surface area contributed by atoms with Crippen molar-refractivity contribution in [3.8, 4) is 0 Å². The Morgan fingerprint density at radius 1 is 1.17 bits per heavy atom. The molecule has 0 saturated carbocycles. The van der Waals surface area contributed by atoms with Gasteiger partial charge < -0.3 is 14.9 Å². The lowest BCUT2D eigenvalue weighted by molar-refractivity contribution is -0.275. The lowest BCUT2D eigenvalue weighted by atomic mass is 9.86. The Morgan fingerprint density at radius 2 is 1.80 bits per heavy atom. The second-order valence-electron chi connectivity index (χ2n) is 7.14. The first-order chi connectivity index (χ1) is 14.0. The number of hydrogen-bond acceptors (Lipinski definition) is 4. The number of benzene rings is 2. The fourth-order valence-electron chi connectivity index (χ4n) is 3.32. The van der Waals surface area contributed by atoms with Crippen molar-refractivity contribution < 1.29 is 23.2 Å². The van der Waals surface area contributed by atoms with Gasteiger partial charge >= 0.3 is 6.18 Å². The van der Waals surface area contributed by atoms with E-state index in [1.807, 2.05) is 0 Å². The highest BCUT2D eigenvalue weighted by atomic mass is 35.5. The molecular weight excluding hydrogens is 442 g/mol. The van der Waals surface area contributed by atoms with Crippen molar-refractivity contribution >= 4 is 34.7 Å². The van der Waals surface area contributed by atoms with Crippen LogP contribution in [0.3, 0.4) is 0 Å². The van der Waals surface area contributed by atoms with Gasteiger partial charge in [0.2, 0.25) is 0 Å². The molecule has 0 aromatic heterocycles. The fourth-order valence-corrected chi connectivity index (χ4v) is 3.85. The summed E-state index contributed by atoms with van der Waals surface area (Å²) in [4.78, 5) is 6.64. The summed E-state index contributed by atoms with van der Waals surface area (Å²) in [7, 11) is 3.43. The smallest absolute Gasteiger partial charge is 0.409 e. The molecule has 1 atom stereocenters. The van der Waals surface area contributed by atoms with E-state index in [9.17, 15) is 18.4 Å². The van der Waals surface area contributed by atoms with Crippen LogP contribution in [-0.4, -0.2) is 41.9 Å². The Labute approximate surface area is 181 Å². The van der Waals surface area contributed by atoms with Crippen molar-refractivity contribution in [1.29, 1.82) is 0 Å². The lowest BCUT2D eigenvalue weighted by Crippen LogP contribution is -2.42. The number of oxime groups is 2. The van der Waals surface area contributed by atoms with E-state index in [1.165, 1.54) is 18.2 Å². The molecule has 160 valence electrons. The number of nitrogens with zero attached hydrogens (tertiary/aromatic N) is 3. The fraction of sp³-hybridized carbons (Fsp3) is 0.300. The third kappa shape index (κ3) is 3.94. The molecule has 2 aromatic carbocycles. The van der Waals surface area contributed by atoms with Gasteiger partial charge in [0.1, 0.15) is 0 Å². The minimum absolute atomic E-state index is 0.0675. The molecule has 1 heterocycles. The van der Waals surface area contributed by atoms with Crippen molar-refractivity contribution in [2.24, 2.45) is 10.3 Å². The van der Waals surface area contributed by atoms with Gasteiger partial charge in [0, 0.05) is 41.7 Å². The van der Waals surface area contributed by atoms with Gasteiger partial charge in [-0.1, -0.05) is 45.6 Å². The van der Waals surface area contributed by atoms with E-state index in [4.69, 9.17) is 28.0 Å². The molecule has 0 fully saturated rings. The van der Waals surface area contributed by atoms with Gasteiger partial charge in [0.05, 0.1) is 5.71 Å². The van der Waals surface area contributed by atoms with Crippen molar-refractivity contribution in [1.82, 2.24) is 4.90 Å². The maximum Gasteiger partial charge on any atom is 0.435 e. The van der Waals surface area contributed by atoms with Gasteiger partial charge in [-0.2, -0.15) is 13.2 Å². The van der Waals surface area contributed by atoms with Crippen molar-refractivity contribution in [2.45, 2.75) is 25.1 Å². The van der Waals surface area contributed by atoms with Gasteiger partial charge in [-0.05, 0) is 42.3 Å². The highest BCUT2D eigenvalue weighted by Crippen LogP contribution is 2.49. The molecule has 0 amide bonds. The van der Waals surface area contributed by atoms with Crippen LogP contribution in [0.4, 0.5) is 13.2 Å². The molecule has 0 spiro atoms. The molecule has 0 radical (unpaired) electrons. The summed E-state index contributed by atoms with van der Waals surface area (Å²) in [5.74, 6) is 0.321. The van der Waals surface area contributed by atoms with E-state index in [1.54, 1.807) is 44.1 Å². The highest BCUT2D eigenvalue weighted by Gasteiger charge is 2.62. The van der Waals surface area contributed by atoms with Crippen molar-refractivity contribution in [3.05, 3.63) is 68.7 Å². The first kappa shape index (κ1) is 22.2. The van der Waals surface area contributed by atoms with Gasteiger partial charge in [0.25, 0.3) is 5.60 Å². The molecule has 0 aliphatic carbocycles. The monoisotopic (exact) mass is 459 g/mol. The van der Waals surface area contributed by atoms with Crippen LogP contribution in [0.5, 0.6) is 0 Å². The van der Waals surface area contributed by atoms with Crippen molar-refractivity contribution in [2.75, 3.05) is 14.1 Å². The zero-order chi connectivity index (χ0) is 22.3. The lowest BCUT2D eigenvalue weighted by Gasteiger charge is -2.29. The van der Waals surface area contributed by atoms with Crippen LogP contribution in [-0.2, 0) is 10.4 Å². The zero-order valence-corrected chi connectivity index (χ0v) is 17.8. The van der Waals surface area contributed by atoms with Gasteiger partial charge in [0.15, 0.2) is 5.84 Å². The molecule has 0 bridgehead atoms. The van der Waals surface area contributed by atoms with Gasteiger partial charge in [-0.15, -0.1) is 0 Å². The van der Waals surface area contributed by atoms with Crippen LogP contribution in [0.1, 0.15) is 28.7 Å². The molecule has 1 aliphatic rings. The van der Waals surface area contributed by atoms with Crippen LogP contribution < -0.4 is 0 Å². The topological polar surface area (TPSA) is 57.4 Å². The van der Waals surface area contributed by atoms with Crippen LogP contribution in [0.15, 0.2) is 46.7 Å². The number of aryl methyl sites for hydroxylation is 1. The third-order valence-corrected chi connectivity index (χ3v) is 5.27. The average molecular weight is 460 g/mol. The Morgan fingerprint density at radius 3 is 2.30 bits per heavy atom. The predicted octanol–water partition coefficient (Wildman–Crippen LogP) is 5.58. The quantitative estimate of drug-likeness (QED) is 0.282. The number of amidine groups is 1. The molecule has 2 aromatic rings. The minimum atomic E-state index is -4.76. The van der Waals surface area contributed by atoms with E-state index >= 15 is 0 Å². The normalized spacial score (nSPS) is 19.5. The maximum atomic E-state index is 14.1. The number of halogens is 5. The van der Waals surface area contributed by atoms with E-state index in [2.05, 4.69) is 10.3 Å². The molecular formula is C20H18Cl2F3N3O2. The van der Waals surface area contributed by atoms with E-state index < -0.39 is 18.2 Å². The largest absolute Gasteiger partial charge is 0.435 e. The molecule has 1 aliphatic heterocycles. The molecule has 30 heavy (non-hydrogen) atoms. The number of alkyl halides is 3. The SMILES string of the molecule is Cc1cc(C2=NOC(c3cc(Cl)cc(Cl)c3)(C(F)(F)F)C2)ccc1/C(=N/O)N(C)C. The van der Waals surface area contributed by atoms with Crippen LogP contribution in [0.25, 0.3) is 0 Å². The van der Waals surface area contributed by atoms with Crippen molar-refractivity contribution in [3.63, 3.8) is 0 Å². The van der Waals surface area contributed by atoms with E-state index in [-0.39, 0.29) is 21.3 Å². The summed E-state index contributed by atoms with van der Waals surface area (Å²) in [5, 5.41) is 16.4. The summed E-state index contributed by atoms with van der Waals surface area (Å²) in [6.45, 7) is 1.76. The van der Waals surface area contributed by atoms with E-state index in [0.29, 0.717) is 22.5 Å². The first-order valence-corrected chi connectivity index (χ1v) is 9.53. The van der Waals surface area contributed by atoms with Crippen LogP contribution >= 0.6 is 23.2 Å². The molecule has 1 N–H and O–H groups in total. The Balaban J connectivity index is 2.00. The highest BCUT2D eigenvalue weighted by molar-refractivity contribution is 6.34. The Kier molecular flexibility index (Phi) is 5.93. The molecule has 1 unspecified atom stereocenters. The third-order valence-electron chi connectivity index (χ3n) is 4.83. The number of hydrogen-bond donors (Lipinski definition) is 1. The van der Waals surface area contributed by atoms with Crippen LogP contribution in [0.2, 0.25) is 10.0 Å². The second-order valence-corrected chi connectivity index (χ2v) is 8.01. The summed E-state index contributed by atoms with van der Waals surface area (Å²) in [6, 6.07) is 8.64. The van der Waals surface area contributed by atoms with Crippen LogP contribution in [0, 0.1) is 6.92 Å². The number of rotatable bonds is 3. The van der Waals surface area contributed by atoms with E-state index in [0.717, 1.165) is 0 Å². The van der Waals surface area contributed by atoms with Gasteiger partial charge in [-0.25, -0.2) is 0 Å². The molecule has 3 rings (SSSR count). The summed E-state index contributed by atoms with van der Waals surface area (Å²) in [6.07, 6.45) is -5.30. The first-order valence-electron chi connectivity index (χ1n) is 8.77. The second kappa shape index (κ2) is 8.00. The molecule has 0 saturated heterocycles. The average Bonchev–Trinajstić information content (AvgIpc) is 3.09. The Bertz CT molecular complexity index is 1020. The van der Waals surface area contributed by atoms with Gasteiger partial charge in [-0.3, -0.25) is 0 Å². The standard InChI is InChI=1S/C20H18Cl2F3N3O2/c1-11-6-12(4-5-16(11)18(26-29)28(2)3)17-10-19(30-27-17,20(23,24)25)13-7-14(21)9-15(22)8-13/h4-9,29H,10H2,1-3H3/b26-18-.